The van der Waals surface area contributed by atoms with Crippen LogP contribution in [0.4, 0.5) is 0 Å². The Hall–Kier alpha value is -2.66. The summed E-state index contributed by atoms with van der Waals surface area (Å²) in [4.78, 5) is 41.0. The summed E-state index contributed by atoms with van der Waals surface area (Å²) < 4.78 is 0. The Morgan fingerprint density at radius 2 is 1.47 bits per heavy atom. The number of nitrogens with zero attached hydrogens (tertiary/aromatic N) is 2. The number of halogens is 1. The predicted octanol–water partition coefficient (Wildman–Crippen LogP) is 4.29. The molecular weight excluding hydrogens is 400 g/mol. The van der Waals surface area contributed by atoms with E-state index < -0.39 is 0 Å². The Morgan fingerprint density at radius 3 is 2.07 bits per heavy atom. The Labute approximate surface area is 180 Å². The van der Waals surface area contributed by atoms with Gasteiger partial charge in [0.1, 0.15) is 0 Å². The van der Waals surface area contributed by atoms with Crippen LogP contribution in [0.2, 0.25) is 5.02 Å². The number of piperidine rings is 1. The van der Waals surface area contributed by atoms with Crippen LogP contribution in [0, 0.1) is 0 Å². The summed E-state index contributed by atoms with van der Waals surface area (Å²) in [5, 5.41) is 0.682. The molecule has 0 spiro atoms. The van der Waals surface area contributed by atoms with Crippen molar-refractivity contribution in [3.63, 3.8) is 0 Å². The molecule has 0 aromatic heterocycles. The topological polar surface area (TPSA) is 57.7 Å². The van der Waals surface area contributed by atoms with Gasteiger partial charge in [0.25, 0.3) is 5.91 Å². The van der Waals surface area contributed by atoms with E-state index in [9.17, 15) is 14.4 Å². The number of carbonyl (C=O) groups is 3. The number of rotatable bonds is 3. The molecule has 0 N–H and O–H groups in total. The number of likely N-dealkylation sites (tertiary alicyclic amines) is 1. The van der Waals surface area contributed by atoms with E-state index in [1.54, 1.807) is 0 Å². The van der Waals surface area contributed by atoms with Gasteiger partial charge in [-0.1, -0.05) is 35.9 Å². The average Bonchev–Trinajstić information content (AvgIpc) is 3.22. The van der Waals surface area contributed by atoms with Crippen molar-refractivity contribution < 1.29 is 14.4 Å². The van der Waals surface area contributed by atoms with Crippen LogP contribution in [-0.4, -0.2) is 45.6 Å². The van der Waals surface area contributed by atoms with Crippen LogP contribution in [0.15, 0.2) is 48.5 Å². The van der Waals surface area contributed by atoms with Crippen LogP contribution in [0.25, 0.3) is 11.1 Å². The standard InChI is InChI=1S/C24H23ClN2O3/c25-18-3-1-2-17(12-18)15-4-6-16(7-5-15)24(30)26-19-8-9-20(26)14-21(13-19)27-22(28)10-11-23(27)29/h1-7,12,19-21H,8-11,13-14H2. The first-order chi connectivity index (χ1) is 14.5. The Bertz CT molecular complexity index is 989. The van der Waals surface area contributed by atoms with Crippen molar-refractivity contribution >= 4 is 29.3 Å². The number of carbonyl (C=O) groups excluding carboxylic acids is 3. The van der Waals surface area contributed by atoms with E-state index in [0.29, 0.717) is 36.3 Å². The minimum Gasteiger partial charge on any atom is -0.333 e. The molecule has 3 heterocycles. The highest BCUT2D eigenvalue weighted by Crippen LogP contribution is 2.40. The predicted molar refractivity (Wildman–Crippen MR) is 114 cm³/mol. The Morgan fingerprint density at radius 1 is 0.833 bits per heavy atom. The second-order valence-corrected chi connectivity index (χ2v) is 8.90. The molecule has 30 heavy (non-hydrogen) atoms. The number of hydrogen-bond acceptors (Lipinski definition) is 3. The van der Waals surface area contributed by atoms with E-state index in [1.807, 2.05) is 53.4 Å². The molecule has 5 rings (SSSR count). The van der Waals surface area contributed by atoms with Gasteiger partial charge in [0.15, 0.2) is 0 Å². The van der Waals surface area contributed by atoms with Gasteiger partial charge in [-0.05, 0) is 61.1 Å². The van der Waals surface area contributed by atoms with E-state index in [4.69, 9.17) is 11.6 Å². The van der Waals surface area contributed by atoms with Crippen molar-refractivity contribution in [1.29, 1.82) is 0 Å². The third-order valence-corrected chi connectivity index (χ3v) is 6.92. The summed E-state index contributed by atoms with van der Waals surface area (Å²) in [6.45, 7) is 0. The second-order valence-electron chi connectivity index (χ2n) is 8.47. The lowest BCUT2D eigenvalue weighted by Crippen LogP contribution is -2.53. The molecule has 6 heteroatoms. The molecule has 0 radical (unpaired) electrons. The highest BCUT2D eigenvalue weighted by atomic mass is 35.5. The largest absolute Gasteiger partial charge is 0.333 e. The normalized spacial score (nSPS) is 25.8. The van der Waals surface area contributed by atoms with Gasteiger partial charge in [-0.15, -0.1) is 0 Å². The highest BCUT2D eigenvalue weighted by Gasteiger charge is 2.47. The maximum absolute atomic E-state index is 13.3. The quantitative estimate of drug-likeness (QED) is 0.693. The van der Waals surface area contributed by atoms with Crippen LogP contribution in [-0.2, 0) is 9.59 Å². The lowest BCUT2D eigenvalue weighted by molar-refractivity contribution is -0.142. The minimum absolute atomic E-state index is 0.0395. The zero-order chi connectivity index (χ0) is 20.8. The molecule has 2 bridgehead atoms. The Balaban J connectivity index is 1.32. The van der Waals surface area contributed by atoms with E-state index in [-0.39, 0.29) is 35.8 Å². The fraction of sp³-hybridized carbons (Fsp3) is 0.375. The SMILES string of the molecule is O=C1CCC(=O)N1C1CC2CCC(C1)N2C(=O)c1ccc(-c2cccc(Cl)c2)cc1. The van der Waals surface area contributed by atoms with Crippen molar-refractivity contribution in [3.8, 4) is 11.1 Å². The summed E-state index contributed by atoms with van der Waals surface area (Å²) in [6.07, 6.45) is 3.91. The molecule has 0 aliphatic carbocycles. The van der Waals surface area contributed by atoms with Crippen LogP contribution in [0.5, 0.6) is 0 Å². The molecule has 2 atom stereocenters. The molecule has 0 saturated carbocycles. The fourth-order valence-corrected chi connectivity index (χ4v) is 5.50. The number of imide groups is 1. The zero-order valence-corrected chi connectivity index (χ0v) is 17.3. The molecule has 3 saturated heterocycles. The van der Waals surface area contributed by atoms with Crippen LogP contribution in [0.1, 0.15) is 48.9 Å². The molecule has 3 fully saturated rings. The van der Waals surface area contributed by atoms with E-state index in [2.05, 4.69) is 0 Å². The van der Waals surface area contributed by atoms with Gasteiger partial charge in [-0.3, -0.25) is 19.3 Å². The number of fused-ring (bicyclic) bond motifs is 2. The van der Waals surface area contributed by atoms with Crippen molar-refractivity contribution in [2.24, 2.45) is 0 Å². The molecule has 3 aliphatic rings. The van der Waals surface area contributed by atoms with E-state index in [1.165, 1.54) is 4.90 Å². The first-order valence-corrected chi connectivity index (χ1v) is 10.9. The van der Waals surface area contributed by atoms with Crippen molar-refractivity contribution in [3.05, 3.63) is 59.1 Å². The molecule has 2 aromatic rings. The summed E-state index contributed by atoms with van der Waals surface area (Å²) >= 11 is 6.09. The van der Waals surface area contributed by atoms with Crippen molar-refractivity contribution in [1.82, 2.24) is 9.80 Å². The van der Waals surface area contributed by atoms with Gasteiger partial charge in [0.2, 0.25) is 11.8 Å². The first-order valence-electron chi connectivity index (χ1n) is 10.5. The fourth-order valence-electron chi connectivity index (χ4n) is 5.31. The lowest BCUT2D eigenvalue weighted by Gasteiger charge is -2.41. The average molecular weight is 423 g/mol. The summed E-state index contributed by atoms with van der Waals surface area (Å²) in [6, 6.07) is 15.4. The van der Waals surface area contributed by atoms with Gasteiger partial charge >= 0.3 is 0 Å². The van der Waals surface area contributed by atoms with Crippen LogP contribution in [0.3, 0.4) is 0 Å². The molecular formula is C24H23ClN2O3. The molecule has 3 aliphatic heterocycles. The molecule has 3 amide bonds. The van der Waals surface area contributed by atoms with E-state index >= 15 is 0 Å². The lowest BCUT2D eigenvalue weighted by atomic mass is 9.94. The summed E-state index contributed by atoms with van der Waals surface area (Å²) in [7, 11) is 0. The van der Waals surface area contributed by atoms with Gasteiger partial charge in [0.05, 0.1) is 0 Å². The molecule has 154 valence electrons. The number of amides is 3. The molecule has 2 unspecified atom stereocenters. The minimum atomic E-state index is -0.0562. The smallest absolute Gasteiger partial charge is 0.254 e. The van der Waals surface area contributed by atoms with Gasteiger partial charge < -0.3 is 4.90 Å². The maximum Gasteiger partial charge on any atom is 0.254 e. The van der Waals surface area contributed by atoms with Crippen LogP contribution >= 0.6 is 11.6 Å². The number of benzene rings is 2. The van der Waals surface area contributed by atoms with Gasteiger partial charge in [-0.2, -0.15) is 0 Å². The van der Waals surface area contributed by atoms with Gasteiger partial charge in [0, 0.05) is 41.6 Å². The highest BCUT2D eigenvalue weighted by molar-refractivity contribution is 6.30. The second kappa shape index (κ2) is 7.55. The van der Waals surface area contributed by atoms with Crippen molar-refractivity contribution in [2.75, 3.05) is 0 Å². The van der Waals surface area contributed by atoms with Crippen molar-refractivity contribution in [2.45, 2.75) is 56.7 Å². The maximum atomic E-state index is 13.3. The summed E-state index contributed by atoms with van der Waals surface area (Å²) in [5.41, 5.74) is 2.70. The Kier molecular flexibility index (Phi) is 4.86. The third kappa shape index (κ3) is 3.31. The zero-order valence-electron chi connectivity index (χ0n) is 16.6. The molecule has 2 aromatic carbocycles. The third-order valence-electron chi connectivity index (χ3n) is 6.69. The summed E-state index contributed by atoms with van der Waals surface area (Å²) in [5.74, 6) is -0.0702. The first kappa shape index (κ1) is 19.3. The number of hydrogen-bond donors (Lipinski definition) is 0. The van der Waals surface area contributed by atoms with Crippen LogP contribution < -0.4 is 0 Å². The van der Waals surface area contributed by atoms with Gasteiger partial charge in [-0.25, -0.2) is 0 Å². The molecule has 5 nitrogen and oxygen atoms in total. The monoisotopic (exact) mass is 422 g/mol. The van der Waals surface area contributed by atoms with E-state index in [0.717, 1.165) is 24.0 Å².